The number of hydrogen-bond donors (Lipinski definition) is 3. The normalized spacial score (nSPS) is 14.5. The molecule has 3 rings (SSSR count). The molecule has 2 heterocycles. The van der Waals surface area contributed by atoms with Crippen molar-refractivity contribution >= 4 is 17.2 Å². The Bertz CT molecular complexity index is 932. The highest BCUT2D eigenvalue weighted by Crippen LogP contribution is 2.41. The molecule has 1 amide bonds. The van der Waals surface area contributed by atoms with Gasteiger partial charge < -0.3 is 24.9 Å². The van der Waals surface area contributed by atoms with Crippen LogP contribution in [-0.2, 0) is 16.2 Å². The first-order valence-electron chi connectivity index (χ1n) is 9.78. The number of hydrogen-bond acceptors (Lipinski definition) is 7. The predicted octanol–water partition coefficient (Wildman–Crippen LogP) is 3.37. The second-order valence-electron chi connectivity index (χ2n) is 7.25. The Kier molecular flexibility index (Phi) is 6.12. The van der Waals surface area contributed by atoms with Crippen molar-refractivity contribution in [2.45, 2.75) is 46.6 Å². The summed E-state index contributed by atoms with van der Waals surface area (Å²) in [7, 11) is 0. The van der Waals surface area contributed by atoms with Gasteiger partial charge in [-0.2, -0.15) is 0 Å². The SMILES string of the molecule is CCC(=O)NCc1cc(C2=C(c3cc(C(C)C)c(O)cc3O)ON(CC)C2)on1. The largest absolute Gasteiger partial charge is 0.508 e. The molecule has 156 valence electrons. The maximum absolute atomic E-state index is 11.5. The maximum Gasteiger partial charge on any atom is 0.220 e. The fourth-order valence-corrected chi connectivity index (χ4v) is 3.13. The summed E-state index contributed by atoms with van der Waals surface area (Å²) in [5.74, 6) is 0.948. The molecule has 1 aromatic carbocycles. The van der Waals surface area contributed by atoms with E-state index in [-0.39, 0.29) is 29.9 Å². The molecule has 0 saturated carbocycles. The van der Waals surface area contributed by atoms with E-state index in [1.54, 1.807) is 24.1 Å². The third kappa shape index (κ3) is 4.37. The van der Waals surface area contributed by atoms with Crippen molar-refractivity contribution in [3.05, 3.63) is 40.8 Å². The zero-order valence-corrected chi connectivity index (χ0v) is 17.2. The van der Waals surface area contributed by atoms with Crippen LogP contribution in [0.1, 0.15) is 62.6 Å². The van der Waals surface area contributed by atoms with Crippen LogP contribution in [0.4, 0.5) is 0 Å². The van der Waals surface area contributed by atoms with Crippen LogP contribution in [0.5, 0.6) is 11.5 Å². The Morgan fingerprint density at radius 1 is 1.24 bits per heavy atom. The maximum atomic E-state index is 11.5. The molecule has 0 saturated heterocycles. The molecule has 0 spiro atoms. The summed E-state index contributed by atoms with van der Waals surface area (Å²) in [5, 5.41) is 29.2. The van der Waals surface area contributed by atoms with Gasteiger partial charge >= 0.3 is 0 Å². The molecule has 0 unspecified atom stereocenters. The molecule has 8 heteroatoms. The molecular weight excluding hydrogens is 374 g/mol. The van der Waals surface area contributed by atoms with E-state index in [0.29, 0.717) is 47.9 Å². The number of carbonyl (C=O) groups is 1. The third-order valence-electron chi connectivity index (χ3n) is 4.84. The van der Waals surface area contributed by atoms with Crippen LogP contribution >= 0.6 is 0 Å². The highest BCUT2D eigenvalue weighted by Gasteiger charge is 2.30. The minimum Gasteiger partial charge on any atom is -0.508 e. The van der Waals surface area contributed by atoms with E-state index in [9.17, 15) is 15.0 Å². The van der Waals surface area contributed by atoms with Crippen LogP contribution in [0.15, 0.2) is 22.7 Å². The van der Waals surface area contributed by atoms with E-state index in [1.165, 1.54) is 6.07 Å². The first-order valence-corrected chi connectivity index (χ1v) is 9.78. The Morgan fingerprint density at radius 2 is 2.00 bits per heavy atom. The van der Waals surface area contributed by atoms with Crippen LogP contribution in [-0.4, -0.2) is 39.4 Å². The lowest BCUT2D eigenvalue weighted by Crippen LogP contribution is -2.21. The van der Waals surface area contributed by atoms with Gasteiger partial charge in [-0.3, -0.25) is 4.79 Å². The number of benzene rings is 1. The number of nitrogens with zero attached hydrogens (tertiary/aromatic N) is 2. The zero-order chi connectivity index (χ0) is 21.1. The van der Waals surface area contributed by atoms with Crippen LogP contribution < -0.4 is 5.32 Å². The number of nitrogens with one attached hydrogen (secondary N) is 1. The molecule has 0 radical (unpaired) electrons. The molecular formula is C21H27N3O5. The lowest BCUT2D eigenvalue weighted by atomic mass is 9.96. The number of amides is 1. The monoisotopic (exact) mass is 401 g/mol. The van der Waals surface area contributed by atoms with Crippen LogP contribution in [0, 0.1) is 0 Å². The van der Waals surface area contributed by atoms with Crippen molar-refractivity contribution in [1.82, 2.24) is 15.5 Å². The number of aromatic hydroxyl groups is 2. The Hall–Kier alpha value is -3.00. The summed E-state index contributed by atoms with van der Waals surface area (Å²) in [6, 6.07) is 4.83. The van der Waals surface area contributed by atoms with Gasteiger partial charge in [-0.05, 0) is 24.5 Å². The van der Waals surface area contributed by atoms with Gasteiger partial charge in [0, 0.05) is 25.1 Å². The fourth-order valence-electron chi connectivity index (χ4n) is 3.13. The van der Waals surface area contributed by atoms with E-state index in [4.69, 9.17) is 9.36 Å². The lowest BCUT2D eigenvalue weighted by Gasteiger charge is -2.16. The first-order chi connectivity index (χ1) is 13.8. The smallest absolute Gasteiger partial charge is 0.220 e. The standard InChI is InChI=1S/C21H27N3O5/c1-5-20(27)22-10-13-7-19(28-23-13)16-11-24(6-2)29-21(16)15-8-14(12(3)4)17(25)9-18(15)26/h7-9,12,25-26H,5-6,10-11H2,1-4H3,(H,22,27). The number of aromatic nitrogens is 1. The summed E-state index contributed by atoms with van der Waals surface area (Å²) in [6.45, 7) is 9.04. The summed E-state index contributed by atoms with van der Waals surface area (Å²) >= 11 is 0. The molecule has 8 nitrogen and oxygen atoms in total. The van der Waals surface area contributed by atoms with Crippen molar-refractivity contribution in [2.75, 3.05) is 13.1 Å². The topological polar surface area (TPSA) is 108 Å². The number of phenols is 2. The first kappa shape index (κ1) is 20.7. The van der Waals surface area contributed by atoms with Crippen molar-refractivity contribution in [1.29, 1.82) is 0 Å². The zero-order valence-electron chi connectivity index (χ0n) is 17.2. The number of phenolic OH excluding ortho intramolecular Hbond substituents is 2. The van der Waals surface area contributed by atoms with Crippen LogP contribution in [0.25, 0.3) is 11.3 Å². The van der Waals surface area contributed by atoms with Gasteiger partial charge in [0.2, 0.25) is 5.91 Å². The minimum atomic E-state index is -0.0766. The summed E-state index contributed by atoms with van der Waals surface area (Å²) < 4.78 is 5.50. The Balaban J connectivity index is 1.99. The molecule has 1 aliphatic rings. The van der Waals surface area contributed by atoms with Gasteiger partial charge in [0.1, 0.15) is 17.2 Å². The highest BCUT2D eigenvalue weighted by atomic mass is 16.7. The van der Waals surface area contributed by atoms with Gasteiger partial charge in [0.05, 0.1) is 24.2 Å². The number of carbonyl (C=O) groups excluding carboxylic acids is 1. The average molecular weight is 401 g/mol. The van der Waals surface area contributed by atoms with Gasteiger partial charge in [-0.1, -0.05) is 25.9 Å². The van der Waals surface area contributed by atoms with E-state index >= 15 is 0 Å². The summed E-state index contributed by atoms with van der Waals surface area (Å²) in [5.41, 5.74) is 2.53. The highest BCUT2D eigenvalue weighted by molar-refractivity contribution is 5.90. The number of rotatable bonds is 7. The van der Waals surface area contributed by atoms with Crippen molar-refractivity contribution in [3.63, 3.8) is 0 Å². The molecule has 0 aliphatic carbocycles. The van der Waals surface area contributed by atoms with E-state index in [1.807, 2.05) is 20.8 Å². The van der Waals surface area contributed by atoms with E-state index in [0.717, 1.165) is 5.57 Å². The second kappa shape index (κ2) is 8.57. The van der Waals surface area contributed by atoms with Crippen LogP contribution in [0.2, 0.25) is 0 Å². The number of likely N-dealkylation sites (N-methyl/N-ethyl adjacent to an activating group) is 1. The predicted molar refractivity (Wildman–Crippen MR) is 108 cm³/mol. The average Bonchev–Trinajstić information content (AvgIpc) is 3.32. The molecule has 2 aromatic rings. The number of hydroxylamine groups is 2. The second-order valence-corrected chi connectivity index (χ2v) is 7.25. The van der Waals surface area contributed by atoms with Gasteiger partial charge in [-0.15, -0.1) is 5.06 Å². The summed E-state index contributed by atoms with van der Waals surface area (Å²) in [4.78, 5) is 17.4. The van der Waals surface area contributed by atoms with E-state index in [2.05, 4.69) is 10.5 Å². The van der Waals surface area contributed by atoms with Crippen LogP contribution in [0.3, 0.4) is 0 Å². The third-order valence-corrected chi connectivity index (χ3v) is 4.84. The van der Waals surface area contributed by atoms with Gasteiger partial charge in [0.15, 0.2) is 11.5 Å². The van der Waals surface area contributed by atoms with Gasteiger partial charge in [0.25, 0.3) is 0 Å². The molecule has 29 heavy (non-hydrogen) atoms. The quantitative estimate of drug-likeness (QED) is 0.653. The summed E-state index contributed by atoms with van der Waals surface area (Å²) in [6.07, 6.45) is 0.400. The molecule has 0 bridgehead atoms. The lowest BCUT2D eigenvalue weighted by molar-refractivity contribution is -0.120. The van der Waals surface area contributed by atoms with Crippen molar-refractivity contribution < 1.29 is 24.4 Å². The molecule has 0 atom stereocenters. The van der Waals surface area contributed by atoms with E-state index < -0.39 is 0 Å². The fraction of sp³-hybridized carbons (Fsp3) is 0.429. The van der Waals surface area contributed by atoms with Crippen molar-refractivity contribution in [2.24, 2.45) is 0 Å². The molecule has 1 aromatic heterocycles. The molecule has 0 fully saturated rings. The molecule has 1 aliphatic heterocycles. The minimum absolute atomic E-state index is 0.0439. The Morgan fingerprint density at radius 3 is 2.66 bits per heavy atom. The molecule has 3 N–H and O–H groups in total. The van der Waals surface area contributed by atoms with Gasteiger partial charge in [-0.25, -0.2) is 0 Å². The van der Waals surface area contributed by atoms with Crippen molar-refractivity contribution in [3.8, 4) is 11.5 Å². The Labute approximate surface area is 169 Å².